The van der Waals surface area contributed by atoms with Gasteiger partial charge in [0.1, 0.15) is 6.10 Å². The Morgan fingerprint density at radius 1 is 0.778 bits per heavy atom. The molecule has 0 spiro atoms. The van der Waals surface area contributed by atoms with Crippen molar-refractivity contribution in [1.29, 1.82) is 0 Å². The van der Waals surface area contributed by atoms with Gasteiger partial charge < -0.3 is 23.8 Å². The molecule has 0 amide bonds. The van der Waals surface area contributed by atoms with Gasteiger partial charge in [0, 0.05) is 19.6 Å². The highest BCUT2D eigenvalue weighted by Crippen LogP contribution is 2.41. The molecule has 0 aromatic rings. The first-order valence-electron chi connectivity index (χ1n) is 14.8. The van der Waals surface area contributed by atoms with E-state index in [1.165, 1.54) is 70.6 Å². The minimum Gasteiger partial charge on any atom is -0.457 e. The molecule has 7 nitrogen and oxygen atoms in total. The van der Waals surface area contributed by atoms with Gasteiger partial charge in [-0.15, -0.1) is 0 Å². The van der Waals surface area contributed by atoms with Crippen LogP contribution >= 0.6 is 7.60 Å². The molecule has 0 aliphatic heterocycles. The number of carbonyl (C=O) groups is 1. The fourth-order valence-corrected chi connectivity index (χ4v) is 5.14. The predicted molar refractivity (Wildman–Crippen MR) is 150 cm³/mol. The second-order valence-corrected chi connectivity index (χ2v) is 11.8. The van der Waals surface area contributed by atoms with Gasteiger partial charge in [-0.2, -0.15) is 0 Å². The van der Waals surface area contributed by atoms with Crippen LogP contribution in [0, 0.1) is 0 Å². The normalized spacial score (nSPS) is 14.2. The Labute approximate surface area is 222 Å². The molecule has 36 heavy (non-hydrogen) atoms. The summed E-state index contributed by atoms with van der Waals surface area (Å²) in [5.41, 5.74) is 0. The summed E-state index contributed by atoms with van der Waals surface area (Å²) in [5.74, 6) is -0.327. The number of esters is 1. The predicted octanol–water partition coefficient (Wildman–Crippen LogP) is 7.35. The molecular formula is C28H58NO6P. The molecule has 8 heteroatoms. The first-order chi connectivity index (χ1) is 17.4. The lowest BCUT2D eigenvalue weighted by molar-refractivity contribution is -0.154. The van der Waals surface area contributed by atoms with E-state index in [0.29, 0.717) is 26.0 Å². The average molecular weight is 536 g/mol. The number of ether oxygens (including phenoxy) is 2. The maximum absolute atomic E-state index is 12.4. The molecule has 0 aliphatic rings. The number of carbonyl (C=O) groups excluding carboxylic acids is 1. The first kappa shape index (κ1) is 35.5. The van der Waals surface area contributed by atoms with Crippen molar-refractivity contribution >= 4 is 13.6 Å². The van der Waals surface area contributed by atoms with Crippen LogP contribution in [-0.4, -0.2) is 67.5 Å². The molecule has 0 saturated heterocycles. The van der Waals surface area contributed by atoms with Crippen LogP contribution in [0.5, 0.6) is 0 Å². The SMILES string of the molecule is CCCCCCCCCCCCCCCOCC(COP(=O)(O)CCN(CC)CC)OC(=O)CCC. The summed E-state index contributed by atoms with van der Waals surface area (Å²) < 4.78 is 28.9. The lowest BCUT2D eigenvalue weighted by Gasteiger charge is -2.22. The quantitative estimate of drug-likeness (QED) is 0.0668. The molecule has 0 radical (unpaired) electrons. The minimum atomic E-state index is -3.75. The molecule has 0 saturated carbocycles. The van der Waals surface area contributed by atoms with Gasteiger partial charge in [0.25, 0.3) is 0 Å². The van der Waals surface area contributed by atoms with Gasteiger partial charge in [-0.05, 0) is 25.9 Å². The van der Waals surface area contributed by atoms with E-state index in [4.69, 9.17) is 14.0 Å². The van der Waals surface area contributed by atoms with E-state index in [9.17, 15) is 14.3 Å². The molecule has 0 aromatic carbocycles. The fraction of sp³-hybridized carbons (Fsp3) is 0.964. The van der Waals surface area contributed by atoms with Crippen LogP contribution in [0.1, 0.15) is 124 Å². The van der Waals surface area contributed by atoms with Gasteiger partial charge in [0.05, 0.1) is 19.4 Å². The van der Waals surface area contributed by atoms with Crippen molar-refractivity contribution in [3.63, 3.8) is 0 Å². The van der Waals surface area contributed by atoms with Gasteiger partial charge in [0.15, 0.2) is 0 Å². The van der Waals surface area contributed by atoms with E-state index < -0.39 is 13.7 Å². The van der Waals surface area contributed by atoms with Crippen molar-refractivity contribution in [3.05, 3.63) is 0 Å². The monoisotopic (exact) mass is 535 g/mol. The topological polar surface area (TPSA) is 85.3 Å². The lowest BCUT2D eigenvalue weighted by atomic mass is 10.0. The minimum absolute atomic E-state index is 0.0596. The van der Waals surface area contributed by atoms with E-state index >= 15 is 0 Å². The van der Waals surface area contributed by atoms with Crippen LogP contribution in [0.4, 0.5) is 0 Å². The second kappa shape index (κ2) is 24.9. The third kappa shape index (κ3) is 22.7. The highest BCUT2D eigenvalue weighted by atomic mass is 31.2. The summed E-state index contributed by atoms with van der Waals surface area (Å²) in [6, 6.07) is 0. The largest absolute Gasteiger partial charge is 0.457 e. The lowest BCUT2D eigenvalue weighted by Crippen LogP contribution is -2.29. The van der Waals surface area contributed by atoms with Crippen LogP contribution < -0.4 is 0 Å². The molecule has 0 heterocycles. The van der Waals surface area contributed by atoms with Crippen LogP contribution in [-0.2, 0) is 23.4 Å². The molecule has 0 rings (SSSR count). The van der Waals surface area contributed by atoms with E-state index in [1.807, 2.05) is 20.8 Å². The third-order valence-corrected chi connectivity index (χ3v) is 7.82. The molecule has 1 N–H and O–H groups in total. The highest BCUT2D eigenvalue weighted by Gasteiger charge is 2.24. The summed E-state index contributed by atoms with van der Waals surface area (Å²) in [6.45, 7) is 11.0. The Bertz CT molecular complexity index is 544. The zero-order valence-corrected chi connectivity index (χ0v) is 24.9. The van der Waals surface area contributed by atoms with Crippen LogP contribution in [0.3, 0.4) is 0 Å². The number of hydrogen-bond acceptors (Lipinski definition) is 6. The van der Waals surface area contributed by atoms with E-state index in [2.05, 4.69) is 11.8 Å². The van der Waals surface area contributed by atoms with Gasteiger partial charge >= 0.3 is 13.6 Å². The van der Waals surface area contributed by atoms with E-state index in [1.54, 1.807) is 0 Å². The number of rotatable bonds is 27. The molecule has 216 valence electrons. The van der Waals surface area contributed by atoms with Gasteiger partial charge in [-0.1, -0.05) is 105 Å². The molecule has 2 unspecified atom stereocenters. The zero-order valence-electron chi connectivity index (χ0n) is 24.0. The van der Waals surface area contributed by atoms with Gasteiger partial charge in [-0.25, -0.2) is 0 Å². The Morgan fingerprint density at radius 3 is 1.81 bits per heavy atom. The van der Waals surface area contributed by atoms with E-state index in [0.717, 1.165) is 25.9 Å². The number of unbranched alkanes of at least 4 members (excludes halogenated alkanes) is 12. The zero-order chi connectivity index (χ0) is 26.9. The summed E-state index contributed by atoms with van der Waals surface area (Å²) in [4.78, 5) is 24.2. The second-order valence-electron chi connectivity index (χ2n) is 9.86. The molecule has 0 bridgehead atoms. The number of hydrogen-bond donors (Lipinski definition) is 1. The summed E-state index contributed by atoms with van der Waals surface area (Å²) in [6.07, 6.45) is 17.3. The van der Waals surface area contributed by atoms with Gasteiger partial charge in [0.2, 0.25) is 0 Å². The number of nitrogens with zero attached hydrogens (tertiary/aromatic N) is 1. The molecule has 2 atom stereocenters. The van der Waals surface area contributed by atoms with Crippen LogP contribution in [0.25, 0.3) is 0 Å². The van der Waals surface area contributed by atoms with Crippen molar-refractivity contribution in [3.8, 4) is 0 Å². The van der Waals surface area contributed by atoms with Gasteiger partial charge in [-0.3, -0.25) is 9.36 Å². The van der Waals surface area contributed by atoms with Crippen molar-refractivity contribution in [2.45, 2.75) is 130 Å². The molecule has 0 fully saturated rings. The Hall–Kier alpha value is -0.460. The first-order valence-corrected chi connectivity index (χ1v) is 16.6. The maximum Gasteiger partial charge on any atom is 0.329 e. The van der Waals surface area contributed by atoms with Crippen LogP contribution in [0.2, 0.25) is 0 Å². The fourth-order valence-electron chi connectivity index (χ4n) is 4.07. The van der Waals surface area contributed by atoms with E-state index in [-0.39, 0.29) is 25.3 Å². The van der Waals surface area contributed by atoms with Crippen molar-refractivity contribution in [1.82, 2.24) is 4.90 Å². The summed E-state index contributed by atoms with van der Waals surface area (Å²) >= 11 is 0. The third-order valence-electron chi connectivity index (χ3n) is 6.50. The molecule has 0 aromatic heterocycles. The Balaban J connectivity index is 4.02. The van der Waals surface area contributed by atoms with Crippen molar-refractivity contribution in [2.24, 2.45) is 0 Å². The summed E-state index contributed by atoms with van der Waals surface area (Å²) in [5, 5.41) is 0. The van der Waals surface area contributed by atoms with Crippen molar-refractivity contribution < 1.29 is 28.3 Å². The van der Waals surface area contributed by atoms with Crippen molar-refractivity contribution in [2.75, 3.05) is 45.6 Å². The smallest absolute Gasteiger partial charge is 0.329 e. The summed E-state index contributed by atoms with van der Waals surface area (Å²) in [7, 11) is -3.75. The standard InChI is InChI=1S/C28H58NO6P/c1-5-9-10-11-12-13-14-15-16-17-18-19-20-23-33-25-27(35-28(30)21-6-2)26-34-36(31,32)24-22-29(7-3)8-4/h27H,5-26H2,1-4H3,(H,31,32). The highest BCUT2D eigenvalue weighted by molar-refractivity contribution is 7.52. The molecule has 0 aliphatic carbocycles. The maximum atomic E-state index is 12.4. The Morgan fingerprint density at radius 2 is 1.31 bits per heavy atom. The Kier molecular flexibility index (Phi) is 24.5. The average Bonchev–Trinajstić information content (AvgIpc) is 2.85. The molecular weight excluding hydrogens is 477 g/mol. The van der Waals surface area contributed by atoms with Crippen LogP contribution in [0.15, 0.2) is 0 Å².